The lowest BCUT2D eigenvalue weighted by Gasteiger charge is -2.19. The molecule has 0 saturated carbocycles. The van der Waals surface area contributed by atoms with Crippen molar-refractivity contribution in [2.75, 3.05) is 0 Å². The molecule has 0 atom stereocenters. The quantitative estimate of drug-likeness (QED) is 0.603. The molecule has 0 saturated heterocycles. The number of allylic oxidation sites excluding steroid dienone is 4. The van der Waals surface area contributed by atoms with Crippen molar-refractivity contribution in [2.24, 2.45) is 0 Å². The lowest BCUT2D eigenvalue weighted by atomic mass is 10.2. The first-order valence-electron chi connectivity index (χ1n) is 5.23. The van der Waals surface area contributed by atoms with Crippen molar-refractivity contribution in [1.29, 1.82) is 5.26 Å². The van der Waals surface area contributed by atoms with Gasteiger partial charge in [-0.1, -0.05) is 18.7 Å². The minimum absolute atomic E-state index is 0.370. The molecule has 0 bridgehead atoms. The largest absolute Gasteiger partial charge is 0.444 e. The molecule has 0 aromatic carbocycles. The summed E-state index contributed by atoms with van der Waals surface area (Å²) >= 11 is 0. The van der Waals surface area contributed by atoms with Crippen molar-refractivity contribution in [2.45, 2.75) is 33.3 Å². The van der Waals surface area contributed by atoms with Gasteiger partial charge in [0.2, 0.25) is 0 Å². The maximum absolute atomic E-state index is 11.5. The average Bonchev–Trinajstić information content (AvgIpc) is 2.21. The van der Waals surface area contributed by atoms with Crippen molar-refractivity contribution in [3.8, 4) is 6.07 Å². The predicted octanol–water partition coefficient (Wildman–Crippen LogP) is 3.05. The van der Waals surface area contributed by atoms with Gasteiger partial charge in [0.25, 0.3) is 0 Å². The average molecular weight is 234 g/mol. The Morgan fingerprint density at radius 1 is 1.47 bits per heavy atom. The van der Waals surface area contributed by atoms with E-state index in [2.05, 4.69) is 11.9 Å². The maximum Gasteiger partial charge on any atom is 0.412 e. The van der Waals surface area contributed by atoms with E-state index in [4.69, 9.17) is 10.00 Å². The molecule has 4 heteroatoms. The Labute approximate surface area is 102 Å². The third-order valence-corrected chi connectivity index (χ3v) is 1.62. The van der Waals surface area contributed by atoms with E-state index in [1.54, 1.807) is 33.8 Å². The van der Waals surface area contributed by atoms with E-state index in [0.717, 1.165) is 0 Å². The molecule has 0 aliphatic carbocycles. The van der Waals surface area contributed by atoms with E-state index in [1.807, 2.05) is 6.07 Å². The van der Waals surface area contributed by atoms with Gasteiger partial charge in [-0.25, -0.2) is 4.79 Å². The van der Waals surface area contributed by atoms with Gasteiger partial charge in [0.1, 0.15) is 5.60 Å². The number of ether oxygens (including phenoxy) is 1. The van der Waals surface area contributed by atoms with E-state index < -0.39 is 11.7 Å². The fraction of sp³-hybridized carbons (Fsp3) is 0.385. The Balaban J connectivity index is 4.66. The van der Waals surface area contributed by atoms with Crippen LogP contribution in [0.1, 0.15) is 27.7 Å². The van der Waals surface area contributed by atoms with Crippen molar-refractivity contribution < 1.29 is 9.53 Å². The summed E-state index contributed by atoms with van der Waals surface area (Å²) in [5.41, 5.74) is 0.313. The van der Waals surface area contributed by atoms with Crippen LogP contribution in [0.3, 0.4) is 0 Å². The number of amides is 1. The number of hydrogen-bond donors (Lipinski definition) is 1. The monoisotopic (exact) mass is 234 g/mol. The smallest absolute Gasteiger partial charge is 0.412 e. The summed E-state index contributed by atoms with van der Waals surface area (Å²) in [6.07, 6.45) is 4.06. The third kappa shape index (κ3) is 6.96. The van der Waals surface area contributed by atoms with Crippen LogP contribution in [0.4, 0.5) is 4.79 Å². The predicted molar refractivity (Wildman–Crippen MR) is 67.0 cm³/mol. The van der Waals surface area contributed by atoms with Crippen LogP contribution in [0.5, 0.6) is 0 Å². The van der Waals surface area contributed by atoms with Crippen LogP contribution in [-0.4, -0.2) is 11.7 Å². The van der Waals surface area contributed by atoms with Crippen LogP contribution >= 0.6 is 0 Å². The molecule has 17 heavy (non-hydrogen) atoms. The third-order valence-electron chi connectivity index (χ3n) is 1.62. The molecule has 1 amide bonds. The van der Waals surface area contributed by atoms with Gasteiger partial charge in [-0.15, -0.1) is 0 Å². The highest BCUT2D eigenvalue weighted by Crippen LogP contribution is 2.08. The van der Waals surface area contributed by atoms with E-state index in [9.17, 15) is 4.79 Å². The summed E-state index contributed by atoms with van der Waals surface area (Å²) in [6, 6.07) is 1.95. The molecule has 1 N–H and O–H groups in total. The zero-order valence-corrected chi connectivity index (χ0v) is 10.7. The summed E-state index contributed by atoms with van der Waals surface area (Å²) < 4.78 is 5.09. The second-order valence-corrected chi connectivity index (χ2v) is 4.29. The number of nitrogens with zero attached hydrogens (tertiary/aromatic N) is 1. The zero-order valence-electron chi connectivity index (χ0n) is 10.7. The number of rotatable bonds is 3. The molecule has 0 aliphatic heterocycles. The normalized spacial score (nSPS) is 12.6. The second-order valence-electron chi connectivity index (χ2n) is 4.29. The Bertz CT molecular complexity index is 393. The Morgan fingerprint density at radius 2 is 2.06 bits per heavy atom. The standard InChI is InChI=1S/C13H18N2O2/c1-6-10(9-14)8-11(7-2)15-12(16)17-13(3,4)5/h6-8H,1H2,2-5H3,(H,15,16)/b10-8+,11-7+. The van der Waals surface area contributed by atoms with Crippen molar-refractivity contribution >= 4 is 6.09 Å². The molecular weight excluding hydrogens is 216 g/mol. The first-order chi connectivity index (χ1) is 7.82. The van der Waals surface area contributed by atoms with E-state index in [-0.39, 0.29) is 0 Å². The summed E-state index contributed by atoms with van der Waals surface area (Å²) in [5, 5.41) is 11.3. The molecule has 0 unspecified atom stereocenters. The SMILES string of the molecule is C=C/C(C#N)=C\C(=C/C)NC(=O)OC(C)(C)C. The van der Waals surface area contributed by atoms with Gasteiger partial charge in [-0.3, -0.25) is 5.32 Å². The Hall–Kier alpha value is -2.02. The molecule has 0 radical (unpaired) electrons. The number of nitrogens with one attached hydrogen (secondary N) is 1. The van der Waals surface area contributed by atoms with Crippen LogP contribution in [0.15, 0.2) is 36.1 Å². The van der Waals surface area contributed by atoms with Crippen molar-refractivity contribution in [3.63, 3.8) is 0 Å². The number of carbonyl (C=O) groups excluding carboxylic acids is 1. The molecule has 0 fully saturated rings. The Morgan fingerprint density at radius 3 is 2.41 bits per heavy atom. The first kappa shape index (κ1) is 15.0. The second kappa shape index (κ2) is 6.54. The molecule has 4 nitrogen and oxygen atoms in total. The van der Waals surface area contributed by atoms with Crippen LogP contribution in [-0.2, 0) is 4.74 Å². The lowest BCUT2D eigenvalue weighted by Crippen LogP contribution is -2.31. The molecule has 0 rings (SSSR count). The first-order valence-corrected chi connectivity index (χ1v) is 5.23. The number of carbonyl (C=O) groups is 1. The van der Waals surface area contributed by atoms with Gasteiger partial charge in [0.05, 0.1) is 11.6 Å². The highest BCUT2D eigenvalue weighted by atomic mass is 16.6. The molecule has 0 spiro atoms. The maximum atomic E-state index is 11.5. The van der Waals surface area contributed by atoms with Gasteiger partial charge < -0.3 is 4.74 Å². The highest BCUT2D eigenvalue weighted by Gasteiger charge is 2.16. The summed E-state index contributed by atoms with van der Waals surface area (Å²) in [7, 11) is 0. The highest BCUT2D eigenvalue weighted by molar-refractivity contribution is 5.71. The van der Waals surface area contributed by atoms with E-state index >= 15 is 0 Å². The minimum atomic E-state index is -0.553. The number of nitriles is 1. The summed E-state index contributed by atoms with van der Waals surface area (Å²) in [5.74, 6) is 0. The molecular formula is C13H18N2O2. The number of hydrogen-bond acceptors (Lipinski definition) is 3. The minimum Gasteiger partial charge on any atom is -0.444 e. The molecule has 0 aliphatic rings. The number of alkyl carbamates (subject to hydrolysis) is 1. The van der Waals surface area contributed by atoms with Gasteiger partial charge in [0, 0.05) is 5.70 Å². The molecule has 0 aromatic rings. The summed E-state index contributed by atoms with van der Waals surface area (Å²) in [4.78, 5) is 11.5. The fourth-order valence-corrected chi connectivity index (χ4v) is 0.917. The summed E-state index contributed by atoms with van der Waals surface area (Å²) in [6.45, 7) is 10.6. The lowest BCUT2D eigenvalue weighted by molar-refractivity contribution is 0.0548. The molecule has 0 heterocycles. The van der Waals surface area contributed by atoms with Gasteiger partial charge in [-0.05, 0) is 33.8 Å². The zero-order chi connectivity index (χ0) is 13.5. The topological polar surface area (TPSA) is 62.1 Å². The van der Waals surface area contributed by atoms with Crippen LogP contribution < -0.4 is 5.32 Å². The fourth-order valence-electron chi connectivity index (χ4n) is 0.917. The van der Waals surface area contributed by atoms with Crippen LogP contribution in [0.2, 0.25) is 0 Å². The Kier molecular flexibility index (Phi) is 5.76. The van der Waals surface area contributed by atoms with E-state index in [1.165, 1.54) is 12.2 Å². The van der Waals surface area contributed by atoms with Crippen LogP contribution in [0.25, 0.3) is 0 Å². The van der Waals surface area contributed by atoms with Gasteiger partial charge in [-0.2, -0.15) is 5.26 Å². The molecule has 92 valence electrons. The van der Waals surface area contributed by atoms with Gasteiger partial charge >= 0.3 is 6.09 Å². The van der Waals surface area contributed by atoms with Gasteiger partial charge in [0.15, 0.2) is 0 Å². The van der Waals surface area contributed by atoms with Crippen LogP contribution in [0, 0.1) is 11.3 Å². The van der Waals surface area contributed by atoms with E-state index in [0.29, 0.717) is 11.3 Å². The van der Waals surface area contributed by atoms with Crippen molar-refractivity contribution in [3.05, 3.63) is 36.1 Å². The van der Waals surface area contributed by atoms with Crippen molar-refractivity contribution in [1.82, 2.24) is 5.32 Å². The molecule has 0 aromatic heterocycles.